The number of ether oxygens (including phenoxy) is 1. The molecule has 3 N–H and O–H groups in total. The smallest absolute Gasteiger partial charge is 0.229 e. The van der Waals surface area contributed by atoms with Crippen LogP contribution in [0.25, 0.3) is 0 Å². The van der Waals surface area contributed by atoms with E-state index in [0.717, 1.165) is 6.20 Å². The van der Waals surface area contributed by atoms with E-state index in [1.54, 1.807) is 30.3 Å². The number of nitrogens with zero attached hydrogens (tertiary/aromatic N) is 2. The molecule has 3 rings (SSSR count). The van der Waals surface area contributed by atoms with Gasteiger partial charge < -0.3 is 20.1 Å². The third kappa shape index (κ3) is 5.17. The highest BCUT2D eigenvalue weighted by molar-refractivity contribution is 7.85. The van der Waals surface area contributed by atoms with Gasteiger partial charge in [-0.25, -0.2) is 13.6 Å². The number of hydrogen-bond donors (Lipinski definition) is 3. The summed E-state index contributed by atoms with van der Waals surface area (Å²) in [5.74, 6) is 0.318. The molecule has 0 radical (unpaired) electrons. The van der Waals surface area contributed by atoms with Gasteiger partial charge in [0.05, 0.1) is 24.2 Å². The van der Waals surface area contributed by atoms with Gasteiger partial charge >= 0.3 is 0 Å². The van der Waals surface area contributed by atoms with Gasteiger partial charge in [0.1, 0.15) is 16.7 Å². The van der Waals surface area contributed by atoms with Crippen LogP contribution in [0.15, 0.2) is 54.7 Å². The average molecular weight is 401 g/mol. The predicted octanol–water partition coefficient (Wildman–Crippen LogP) is 4.21. The number of anilines is 5. The molecule has 1 heterocycles. The van der Waals surface area contributed by atoms with Crippen LogP contribution >= 0.6 is 0 Å². The van der Waals surface area contributed by atoms with Gasteiger partial charge in [0.2, 0.25) is 5.95 Å². The first-order valence-electron chi connectivity index (χ1n) is 8.53. The number of nitrogens with one attached hydrogen (secondary N) is 3. The van der Waals surface area contributed by atoms with E-state index in [0.29, 0.717) is 29.4 Å². The first-order chi connectivity index (χ1) is 13.5. The summed E-state index contributed by atoms with van der Waals surface area (Å²) in [6, 6.07) is 14.4. The largest absolute Gasteiger partial charge is 0.494 e. The van der Waals surface area contributed by atoms with Crippen molar-refractivity contribution in [3.63, 3.8) is 0 Å². The van der Waals surface area contributed by atoms with Crippen molar-refractivity contribution in [1.29, 1.82) is 0 Å². The van der Waals surface area contributed by atoms with Crippen LogP contribution < -0.4 is 20.1 Å². The molecule has 1 unspecified atom stereocenters. The summed E-state index contributed by atoms with van der Waals surface area (Å²) in [6.45, 7) is 2.46. The molecule has 0 aliphatic rings. The monoisotopic (exact) mass is 401 g/mol. The van der Waals surface area contributed by atoms with Gasteiger partial charge in [0, 0.05) is 18.0 Å². The maximum Gasteiger partial charge on any atom is 0.229 e. The predicted molar refractivity (Wildman–Crippen MR) is 110 cm³/mol. The van der Waals surface area contributed by atoms with E-state index in [-0.39, 0.29) is 11.8 Å². The number of para-hydroxylation sites is 2. The molecule has 7 nitrogen and oxygen atoms in total. The Bertz CT molecular complexity index is 986. The van der Waals surface area contributed by atoms with E-state index in [2.05, 4.69) is 25.3 Å². The van der Waals surface area contributed by atoms with Gasteiger partial charge in [-0.1, -0.05) is 18.2 Å². The highest BCUT2D eigenvalue weighted by Gasteiger charge is 2.11. The number of halogens is 1. The molecule has 9 heteroatoms. The second-order valence-corrected chi connectivity index (χ2v) is 6.82. The maximum atomic E-state index is 14.2. The van der Waals surface area contributed by atoms with E-state index in [9.17, 15) is 8.60 Å². The number of aromatic nitrogens is 2. The zero-order valence-electron chi connectivity index (χ0n) is 15.4. The van der Waals surface area contributed by atoms with Crippen molar-refractivity contribution >= 4 is 39.8 Å². The molecule has 1 atom stereocenters. The Balaban J connectivity index is 1.83. The Morgan fingerprint density at radius 2 is 1.89 bits per heavy atom. The van der Waals surface area contributed by atoms with Gasteiger partial charge in [-0.3, -0.25) is 0 Å². The lowest BCUT2D eigenvalue weighted by atomic mass is 10.2. The van der Waals surface area contributed by atoms with Gasteiger partial charge in [-0.2, -0.15) is 4.98 Å². The van der Waals surface area contributed by atoms with Crippen LogP contribution in [-0.4, -0.2) is 27.0 Å². The van der Waals surface area contributed by atoms with Crippen LogP contribution in [0.2, 0.25) is 0 Å². The minimum atomic E-state index is -1.27. The second-order valence-electron chi connectivity index (χ2n) is 5.70. The SMILES string of the molecule is CCOc1cccc(Nc2ncc(F)c(Nc3ccccc3NS(C)=O)n2)c1. The number of rotatable bonds is 8. The molecular weight excluding hydrogens is 381 g/mol. The fourth-order valence-corrected chi connectivity index (χ4v) is 2.93. The topological polar surface area (TPSA) is 88.2 Å². The van der Waals surface area contributed by atoms with Crippen LogP contribution in [0.5, 0.6) is 5.75 Å². The van der Waals surface area contributed by atoms with Gasteiger partial charge in [0.15, 0.2) is 11.6 Å². The van der Waals surface area contributed by atoms with Crippen molar-refractivity contribution < 1.29 is 13.3 Å². The van der Waals surface area contributed by atoms with Crippen molar-refractivity contribution in [3.05, 3.63) is 60.5 Å². The summed E-state index contributed by atoms with van der Waals surface area (Å²) in [4.78, 5) is 8.19. The van der Waals surface area contributed by atoms with Crippen molar-refractivity contribution in [2.24, 2.45) is 0 Å². The Morgan fingerprint density at radius 3 is 2.64 bits per heavy atom. The van der Waals surface area contributed by atoms with Crippen LogP contribution in [-0.2, 0) is 11.0 Å². The molecule has 3 aromatic rings. The molecule has 0 saturated heterocycles. The highest BCUT2D eigenvalue weighted by atomic mass is 32.2. The number of benzene rings is 2. The van der Waals surface area contributed by atoms with Crippen molar-refractivity contribution in [2.45, 2.75) is 6.92 Å². The van der Waals surface area contributed by atoms with Gasteiger partial charge in [-0.05, 0) is 31.2 Å². The molecule has 1 aromatic heterocycles. The third-order valence-electron chi connectivity index (χ3n) is 3.58. The maximum absolute atomic E-state index is 14.2. The first kappa shape index (κ1) is 19.6. The van der Waals surface area contributed by atoms with E-state index in [1.807, 2.05) is 25.1 Å². The fourth-order valence-electron chi connectivity index (χ4n) is 2.44. The van der Waals surface area contributed by atoms with Crippen LogP contribution in [0.1, 0.15) is 6.92 Å². The minimum absolute atomic E-state index is 0.00500. The van der Waals surface area contributed by atoms with Crippen molar-refractivity contribution in [2.75, 3.05) is 28.2 Å². The van der Waals surface area contributed by atoms with Crippen LogP contribution in [0, 0.1) is 5.82 Å². The molecule has 0 aliphatic carbocycles. The molecule has 0 amide bonds. The molecule has 0 bridgehead atoms. The summed E-state index contributed by atoms with van der Waals surface area (Å²) in [5.41, 5.74) is 1.83. The summed E-state index contributed by atoms with van der Waals surface area (Å²) < 4.78 is 34.0. The lowest BCUT2D eigenvalue weighted by molar-refractivity contribution is 0.340. The summed E-state index contributed by atoms with van der Waals surface area (Å²) >= 11 is 0. The third-order valence-corrected chi connectivity index (χ3v) is 4.09. The van der Waals surface area contributed by atoms with Crippen molar-refractivity contribution in [3.8, 4) is 5.75 Å². The Labute approximate surface area is 165 Å². The minimum Gasteiger partial charge on any atom is -0.494 e. The van der Waals surface area contributed by atoms with Crippen LogP contribution in [0.3, 0.4) is 0 Å². The lowest BCUT2D eigenvalue weighted by Crippen LogP contribution is -2.07. The Kier molecular flexibility index (Phi) is 6.38. The average Bonchev–Trinajstić information content (AvgIpc) is 2.66. The van der Waals surface area contributed by atoms with Gasteiger partial charge in [0.25, 0.3) is 0 Å². The summed E-state index contributed by atoms with van der Waals surface area (Å²) in [5, 5.41) is 5.95. The van der Waals surface area contributed by atoms with E-state index < -0.39 is 16.8 Å². The van der Waals surface area contributed by atoms with Crippen molar-refractivity contribution in [1.82, 2.24) is 9.97 Å². The zero-order chi connectivity index (χ0) is 19.9. The number of hydrogen-bond acceptors (Lipinski definition) is 6. The molecule has 0 fully saturated rings. The summed E-state index contributed by atoms with van der Waals surface area (Å²) in [6.07, 6.45) is 2.60. The second kappa shape index (κ2) is 9.14. The van der Waals surface area contributed by atoms with Gasteiger partial charge in [-0.15, -0.1) is 0 Å². The first-order valence-corrected chi connectivity index (χ1v) is 10.1. The van der Waals surface area contributed by atoms with E-state index in [1.165, 1.54) is 6.26 Å². The molecule has 2 aromatic carbocycles. The normalized spacial score (nSPS) is 11.5. The van der Waals surface area contributed by atoms with E-state index in [4.69, 9.17) is 4.74 Å². The fraction of sp³-hybridized carbons (Fsp3) is 0.158. The molecule has 0 spiro atoms. The molecule has 146 valence electrons. The zero-order valence-corrected chi connectivity index (χ0v) is 16.2. The Morgan fingerprint density at radius 1 is 1.11 bits per heavy atom. The standard InChI is InChI=1S/C19H20FN5O2S/c1-3-27-14-8-6-7-13(11-14)22-19-21-12-15(20)18(24-19)23-16-9-4-5-10-17(16)25-28(2)26/h4-12,25H,3H2,1-2H3,(H2,21,22,23,24). The van der Waals surface area contributed by atoms with E-state index >= 15 is 0 Å². The molecule has 0 aliphatic heterocycles. The lowest BCUT2D eigenvalue weighted by Gasteiger charge is -2.13. The van der Waals surface area contributed by atoms with Crippen LogP contribution in [0.4, 0.5) is 33.2 Å². The quantitative estimate of drug-likeness (QED) is 0.524. The Hall–Kier alpha value is -3.20. The molecular formula is C19H20FN5O2S. The molecule has 28 heavy (non-hydrogen) atoms. The molecule has 0 saturated carbocycles. The summed E-state index contributed by atoms with van der Waals surface area (Å²) in [7, 11) is -1.27. The highest BCUT2D eigenvalue weighted by Crippen LogP contribution is 2.27.